The number of anilines is 1. The summed E-state index contributed by atoms with van der Waals surface area (Å²) in [6.07, 6.45) is 1.29. The van der Waals surface area contributed by atoms with Gasteiger partial charge in [0.05, 0.1) is 24.1 Å². The van der Waals surface area contributed by atoms with E-state index < -0.39 is 24.5 Å². The molecule has 3 aromatic heterocycles. The number of nitrogens with zero attached hydrogens (tertiary/aromatic N) is 6. The van der Waals surface area contributed by atoms with Crippen LogP contribution in [0.25, 0.3) is 33.2 Å². The molecular weight excluding hydrogens is 756 g/mol. The maximum Gasteiger partial charge on any atom is 0.390 e. The first kappa shape index (κ1) is 41.1. The van der Waals surface area contributed by atoms with Crippen LogP contribution in [0.1, 0.15) is 49.3 Å². The lowest BCUT2D eigenvalue weighted by Crippen LogP contribution is -2.46. The molecule has 1 atom stereocenters. The summed E-state index contributed by atoms with van der Waals surface area (Å²) in [7, 11) is 1.70. The summed E-state index contributed by atoms with van der Waals surface area (Å²) in [5.74, 6) is -0.584. The van der Waals surface area contributed by atoms with Crippen molar-refractivity contribution in [2.45, 2.75) is 57.3 Å². The molecule has 0 spiro atoms. The zero-order valence-electron chi connectivity index (χ0n) is 32.7. The van der Waals surface area contributed by atoms with Crippen molar-refractivity contribution in [1.29, 1.82) is 0 Å². The molecule has 58 heavy (non-hydrogen) atoms. The Morgan fingerprint density at radius 3 is 2.38 bits per heavy atom. The third-order valence-electron chi connectivity index (χ3n) is 10.8. The number of fused-ring (bicyclic) bond motifs is 2. The van der Waals surface area contributed by atoms with Gasteiger partial charge in [-0.05, 0) is 54.5 Å². The number of hydrogen-bond acceptors (Lipinski definition) is 10. The van der Waals surface area contributed by atoms with E-state index >= 15 is 0 Å². The number of ether oxygens (including phenoxy) is 2. The van der Waals surface area contributed by atoms with Crippen LogP contribution < -0.4 is 16.3 Å². The van der Waals surface area contributed by atoms with Gasteiger partial charge in [0.15, 0.2) is 0 Å². The first-order chi connectivity index (χ1) is 28.0. The van der Waals surface area contributed by atoms with Crippen molar-refractivity contribution in [3.05, 3.63) is 76.5 Å². The summed E-state index contributed by atoms with van der Waals surface area (Å²) >= 11 is 0. The fourth-order valence-electron chi connectivity index (χ4n) is 7.60. The molecule has 2 fully saturated rings. The van der Waals surface area contributed by atoms with Gasteiger partial charge in [-0.25, -0.2) is 9.78 Å². The molecule has 2 amide bonds. The molecular formula is C41H50F3N9O5. The largest absolute Gasteiger partial charge is 0.390 e. The number of aromatic nitrogens is 5. The van der Waals surface area contributed by atoms with Crippen molar-refractivity contribution in [1.82, 2.24) is 39.2 Å². The van der Waals surface area contributed by atoms with E-state index in [9.17, 15) is 27.6 Å². The van der Waals surface area contributed by atoms with Gasteiger partial charge < -0.3 is 19.8 Å². The topological polar surface area (TPSA) is 152 Å². The third-order valence-corrected chi connectivity index (χ3v) is 10.8. The van der Waals surface area contributed by atoms with Crippen LogP contribution in [-0.2, 0) is 39.1 Å². The van der Waals surface area contributed by atoms with Crippen LogP contribution in [0.2, 0.25) is 0 Å². The number of imide groups is 1. The Labute approximate surface area is 333 Å². The molecule has 7 rings (SSSR count). The predicted octanol–water partition coefficient (Wildman–Crippen LogP) is 4.79. The maximum absolute atomic E-state index is 13.0. The number of aryl methyl sites for hydroxylation is 2. The molecule has 0 aliphatic carbocycles. The van der Waals surface area contributed by atoms with Crippen molar-refractivity contribution in [2.75, 3.05) is 71.0 Å². The van der Waals surface area contributed by atoms with Crippen LogP contribution in [0, 0.1) is 0 Å². The minimum Gasteiger partial charge on any atom is -0.381 e. The van der Waals surface area contributed by atoms with E-state index in [-0.39, 0.29) is 30.5 Å². The number of hydrogen-bond donors (Lipinski definition) is 3. The molecule has 2 aliphatic rings. The Morgan fingerprint density at radius 1 is 0.897 bits per heavy atom. The highest BCUT2D eigenvalue weighted by Crippen LogP contribution is 2.29. The van der Waals surface area contributed by atoms with Gasteiger partial charge in [-0.2, -0.15) is 18.2 Å². The lowest BCUT2D eigenvalue weighted by molar-refractivity contribution is -0.136. The predicted molar refractivity (Wildman–Crippen MR) is 213 cm³/mol. The number of H-pyrrole nitrogens is 1. The zero-order valence-corrected chi connectivity index (χ0v) is 32.7. The molecule has 2 saturated heterocycles. The maximum atomic E-state index is 13.0. The molecule has 0 unspecified atom stereocenters. The van der Waals surface area contributed by atoms with Crippen LogP contribution in [0.15, 0.2) is 59.7 Å². The van der Waals surface area contributed by atoms with Crippen molar-refractivity contribution in [3.8, 4) is 11.1 Å². The van der Waals surface area contributed by atoms with Gasteiger partial charge in [-0.15, -0.1) is 0 Å². The van der Waals surface area contributed by atoms with Crippen molar-refractivity contribution in [2.24, 2.45) is 7.05 Å². The Morgan fingerprint density at radius 2 is 1.62 bits per heavy atom. The van der Waals surface area contributed by atoms with Gasteiger partial charge in [0.25, 0.3) is 0 Å². The summed E-state index contributed by atoms with van der Waals surface area (Å²) in [4.78, 5) is 53.6. The van der Waals surface area contributed by atoms with Gasteiger partial charge in [-0.1, -0.05) is 30.3 Å². The first-order valence-electron chi connectivity index (χ1n) is 19.9. The molecule has 3 N–H and O–H groups in total. The van der Waals surface area contributed by atoms with E-state index in [0.717, 1.165) is 86.1 Å². The van der Waals surface area contributed by atoms with E-state index in [4.69, 9.17) is 9.47 Å². The number of carbonyl (C=O) groups is 2. The van der Waals surface area contributed by atoms with E-state index in [0.29, 0.717) is 44.0 Å². The van der Waals surface area contributed by atoms with Crippen LogP contribution >= 0.6 is 0 Å². The van der Waals surface area contributed by atoms with E-state index in [1.165, 1.54) is 10.1 Å². The molecule has 5 heterocycles. The summed E-state index contributed by atoms with van der Waals surface area (Å²) in [5, 5.41) is 5.78. The van der Waals surface area contributed by atoms with E-state index in [2.05, 4.69) is 59.7 Å². The number of piperazine rings is 1. The van der Waals surface area contributed by atoms with Gasteiger partial charge in [0, 0.05) is 102 Å². The number of carbonyl (C=O) groups excluding carboxylic acids is 2. The van der Waals surface area contributed by atoms with E-state index in [1.54, 1.807) is 17.8 Å². The van der Waals surface area contributed by atoms with Crippen LogP contribution in [-0.4, -0.2) is 118 Å². The number of imidazole rings is 1. The number of piperidine rings is 1. The van der Waals surface area contributed by atoms with Gasteiger partial charge in [0.2, 0.25) is 17.8 Å². The summed E-state index contributed by atoms with van der Waals surface area (Å²) in [5.41, 5.74) is 6.01. The van der Waals surface area contributed by atoms with Gasteiger partial charge in [-0.3, -0.25) is 33.8 Å². The normalized spacial score (nSPS) is 17.1. The molecule has 17 heteroatoms. The third kappa shape index (κ3) is 10.3. The van der Waals surface area contributed by atoms with Crippen LogP contribution in [0.5, 0.6) is 0 Å². The molecule has 0 saturated carbocycles. The highest BCUT2D eigenvalue weighted by molar-refractivity contribution is 6.00. The minimum absolute atomic E-state index is 0.159. The lowest BCUT2D eigenvalue weighted by Gasteiger charge is -2.34. The highest BCUT2D eigenvalue weighted by atomic mass is 19.4. The first-order valence-corrected chi connectivity index (χ1v) is 19.9. The van der Waals surface area contributed by atoms with Crippen molar-refractivity contribution < 1.29 is 32.2 Å². The zero-order chi connectivity index (χ0) is 40.6. The lowest BCUT2D eigenvalue weighted by atomic mass is 10.0. The number of amides is 2. The molecule has 0 radical (unpaired) electrons. The number of benzene rings is 2. The standard InChI is InChI=1S/C41H50F3N9O5/c1-50-35-24-28(7-10-33(35)53(40(50)56)34-11-12-36(54)48-38(34)55)4-2-20-57-21-3-22-58-23-19-51-15-17-52(18-16-51)27-29-5-8-30(9-6-29)31-25-46-37-32(31)26-47-39(49-37)45-14-13-41(42,43)44/h5-10,24-26,34H,2-4,11-23,27H2,1H3,(H,48,54,55)(H2,45,46,47,49)/t34-/m0/s1. The number of halogens is 3. The molecule has 2 aliphatic heterocycles. The van der Waals surface area contributed by atoms with Crippen LogP contribution in [0.4, 0.5) is 19.1 Å². The Kier molecular flexibility index (Phi) is 13.2. The molecule has 310 valence electrons. The van der Waals surface area contributed by atoms with Gasteiger partial charge >= 0.3 is 11.9 Å². The average molecular weight is 806 g/mol. The Bertz CT molecular complexity index is 2240. The SMILES string of the molecule is Cn1c(=O)n([C@H]2CCC(=O)NC2=O)c2ccc(CCCOCCCOCCN3CCN(Cc4ccc(-c5c[nH]c6nc(NCCC(F)(F)F)ncc56)cc4)CC3)cc21. The van der Waals surface area contributed by atoms with Crippen molar-refractivity contribution in [3.63, 3.8) is 0 Å². The second kappa shape index (κ2) is 18.7. The average Bonchev–Trinajstić information content (AvgIpc) is 3.73. The highest BCUT2D eigenvalue weighted by Gasteiger charge is 2.31. The monoisotopic (exact) mass is 805 g/mol. The number of nitrogens with one attached hydrogen (secondary N) is 3. The summed E-state index contributed by atoms with van der Waals surface area (Å²) < 4.78 is 52.2. The summed E-state index contributed by atoms with van der Waals surface area (Å²) in [6.45, 7) is 8.02. The number of rotatable bonds is 18. The molecule has 2 aromatic carbocycles. The smallest absolute Gasteiger partial charge is 0.381 e. The minimum atomic E-state index is -4.23. The fourth-order valence-corrected chi connectivity index (χ4v) is 7.60. The molecule has 14 nitrogen and oxygen atoms in total. The molecule has 5 aromatic rings. The second-order valence-electron chi connectivity index (χ2n) is 14.9. The van der Waals surface area contributed by atoms with Crippen molar-refractivity contribution >= 4 is 39.8 Å². The number of alkyl halides is 3. The van der Waals surface area contributed by atoms with Gasteiger partial charge in [0.1, 0.15) is 11.7 Å². The quantitative estimate of drug-likeness (QED) is 0.0833. The Hall–Kier alpha value is -5.10. The Balaban J connectivity index is 0.740. The van der Waals surface area contributed by atoms with E-state index in [1.807, 2.05) is 24.4 Å². The number of aromatic amines is 1. The summed E-state index contributed by atoms with van der Waals surface area (Å²) in [6, 6.07) is 13.6. The fraction of sp³-hybridized carbons (Fsp3) is 0.488. The second-order valence-corrected chi connectivity index (χ2v) is 14.9. The molecule has 0 bridgehead atoms. The van der Waals surface area contributed by atoms with Crippen LogP contribution in [0.3, 0.4) is 0 Å².